The molecule has 0 spiro atoms. The van der Waals surface area contributed by atoms with Crippen LogP contribution in [0, 0.1) is 5.82 Å². The van der Waals surface area contributed by atoms with Gasteiger partial charge in [-0.25, -0.2) is 17.6 Å². The fourth-order valence-corrected chi connectivity index (χ4v) is 5.59. The average Bonchev–Trinajstić information content (AvgIpc) is 3.27. The lowest BCUT2D eigenvalue weighted by molar-refractivity contribution is 0.0509. The smallest absolute Gasteiger partial charge is 0.338 e. The largest absolute Gasteiger partial charge is 0.494 e. The number of nitrogens with one attached hydrogen (secondary N) is 2. The van der Waals surface area contributed by atoms with Gasteiger partial charge in [-0.3, -0.25) is 9.82 Å². The Kier molecular flexibility index (Phi) is 5.41. The normalized spacial score (nSPS) is 15.1. The second kappa shape index (κ2) is 8.30. The van der Waals surface area contributed by atoms with Crippen LogP contribution in [-0.4, -0.2) is 38.3 Å². The number of cyclic esters (lactones) is 1. The van der Waals surface area contributed by atoms with E-state index in [0.717, 1.165) is 6.07 Å². The highest BCUT2D eigenvalue weighted by atomic mass is 35.5. The monoisotopic (exact) mass is 501 g/mol. The van der Waals surface area contributed by atoms with Gasteiger partial charge in [0.05, 0.1) is 41.7 Å². The number of carbonyl (C=O) groups is 1. The Labute approximate surface area is 198 Å². The van der Waals surface area contributed by atoms with E-state index in [1.807, 2.05) is 0 Å². The molecule has 0 saturated carbocycles. The first-order valence-corrected chi connectivity index (χ1v) is 12.0. The second-order valence-corrected chi connectivity index (χ2v) is 9.70. The number of aromatic amines is 1. The minimum Gasteiger partial charge on any atom is -0.494 e. The van der Waals surface area contributed by atoms with Crippen LogP contribution in [-0.2, 0) is 21.2 Å². The van der Waals surface area contributed by atoms with Crippen molar-refractivity contribution >= 4 is 44.2 Å². The van der Waals surface area contributed by atoms with E-state index in [2.05, 4.69) is 14.9 Å². The first-order valence-electron chi connectivity index (χ1n) is 10.1. The molecule has 0 atom stereocenters. The Balaban J connectivity index is 1.79. The van der Waals surface area contributed by atoms with E-state index in [4.69, 9.17) is 21.1 Å². The zero-order chi connectivity index (χ0) is 24.0. The third-order valence-corrected chi connectivity index (χ3v) is 7.18. The van der Waals surface area contributed by atoms with Crippen LogP contribution in [0.4, 0.5) is 10.1 Å². The zero-order valence-corrected chi connectivity index (χ0v) is 19.3. The summed E-state index contributed by atoms with van der Waals surface area (Å²) in [4.78, 5) is 12.3. The number of ether oxygens (including phenoxy) is 2. The van der Waals surface area contributed by atoms with Gasteiger partial charge in [-0.05, 0) is 53.1 Å². The summed E-state index contributed by atoms with van der Waals surface area (Å²) in [5.74, 6) is -1.33. The predicted molar refractivity (Wildman–Crippen MR) is 124 cm³/mol. The highest BCUT2D eigenvalue weighted by Gasteiger charge is 2.27. The molecule has 5 rings (SSSR count). The number of aromatic nitrogens is 2. The van der Waals surface area contributed by atoms with Gasteiger partial charge in [-0.15, -0.1) is 0 Å². The minimum atomic E-state index is -4.29. The van der Waals surface area contributed by atoms with Crippen LogP contribution >= 0.6 is 11.6 Å². The van der Waals surface area contributed by atoms with Crippen molar-refractivity contribution in [1.29, 1.82) is 0 Å². The fraction of sp³-hybridized carbons (Fsp3) is 0.130. The van der Waals surface area contributed by atoms with Crippen molar-refractivity contribution in [3.8, 4) is 16.9 Å². The summed E-state index contributed by atoms with van der Waals surface area (Å²) in [6, 6.07) is 10.1. The van der Waals surface area contributed by atoms with Crippen LogP contribution < -0.4 is 9.46 Å². The quantitative estimate of drug-likeness (QED) is 0.370. The number of fused-ring (bicyclic) bond motifs is 8. The lowest BCUT2D eigenvalue weighted by atomic mass is 9.96. The highest BCUT2D eigenvalue weighted by molar-refractivity contribution is 7.92. The van der Waals surface area contributed by atoms with Crippen molar-refractivity contribution < 1.29 is 27.1 Å². The molecule has 2 heterocycles. The molecule has 4 bridgehead atoms. The van der Waals surface area contributed by atoms with Gasteiger partial charge in [0, 0.05) is 11.8 Å². The maximum absolute atomic E-state index is 14.2. The number of anilines is 1. The summed E-state index contributed by atoms with van der Waals surface area (Å²) in [6.45, 7) is -0.0133. The molecule has 11 heteroatoms. The molecule has 0 radical (unpaired) electrons. The van der Waals surface area contributed by atoms with E-state index in [-0.39, 0.29) is 33.5 Å². The molecule has 0 saturated heterocycles. The van der Waals surface area contributed by atoms with Gasteiger partial charge >= 0.3 is 5.97 Å². The molecule has 3 aromatic carbocycles. The van der Waals surface area contributed by atoms with E-state index in [1.165, 1.54) is 31.5 Å². The average molecular weight is 502 g/mol. The molecular weight excluding hydrogens is 485 g/mol. The molecule has 4 aromatic rings. The van der Waals surface area contributed by atoms with Crippen molar-refractivity contribution in [3.63, 3.8) is 0 Å². The zero-order valence-electron chi connectivity index (χ0n) is 17.7. The summed E-state index contributed by atoms with van der Waals surface area (Å²) in [6.07, 6.45) is 1.78. The summed E-state index contributed by atoms with van der Waals surface area (Å²) < 4.78 is 54.2. The van der Waals surface area contributed by atoms with Gasteiger partial charge in [0.1, 0.15) is 10.7 Å². The number of sulfonamides is 1. The lowest BCUT2D eigenvalue weighted by Crippen LogP contribution is -2.17. The SMILES string of the molecule is COc1c(Cl)cc2cc1S(=O)(=O)Nc1cc(cc3[nH]ncc13)-c1cc(F)ccc1CCOC2=O. The van der Waals surface area contributed by atoms with Crippen LogP contribution in [0.5, 0.6) is 5.75 Å². The van der Waals surface area contributed by atoms with E-state index in [1.54, 1.807) is 18.2 Å². The van der Waals surface area contributed by atoms with Gasteiger partial charge < -0.3 is 9.47 Å². The Morgan fingerprint density at radius 3 is 2.76 bits per heavy atom. The second-order valence-electron chi connectivity index (χ2n) is 7.64. The minimum absolute atomic E-state index is 0.0133. The number of carbonyl (C=O) groups excluding carboxylic acids is 1. The molecule has 174 valence electrons. The number of H-pyrrole nitrogens is 1. The van der Waals surface area contributed by atoms with E-state index in [9.17, 15) is 17.6 Å². The van der Waals surface area contributed by atoms with Crippen LogP contribution in [0.15, 0.2) is 53.6 Å². The Morgan fingerprint density at radius 1 is 1.15 bits per heavy atom. The number of benzene rings is 3. The predicted octanol–water partition coefficient (Wildman–Crippen LogP) is 4.54. The molecule has 8 nitrogen and oxygen atoms in total. The molecule has 0 aliphatic carbocycles. The number of rotatable bonds is 1. The van der Waals surface area contributed by atoms with Crippen LogP contribution in [0.1, 0.15) is 15.9 Å². The number of hydrogen-bond donors (Lipinski definition) is 2. The van der Waals surface area contributed by atoms with E-state index >= 15 is 0 Å². The van der Waals surface area contributed by atoms with Crippen molar-refractivity contribution in [3.05, 3.63) is 70.6 Å². The van der Waals surface area contributed by atoms with Crippen LogP contribution in [0.3, 0.4) is 0 Å². The topological polar surface area (TPSA) is 110 Å². The summed E-state index contributed by atoms with van der Waals surface area (Å²) in [5.41, 5.74) is 2.50. The first-order chi connectivity index (χ1) is 16.3. The van der Waals surface area contributed by atoms with Crippen LogP contribution in [0.25, 0.3) is 22.0 Å². The van der Waals surface area contributed by atoms with Gasteiger partial charge in [-0.2, -0.15) is 5.10 Å². The van der Waals surface area contributed by atoms with Crippen molar-refractivity contribution in [2.45, 2.75) is 11.3 Å². The standard InChI is InChI=1S/C23H17ClFN3O5S/c1-32-22-18(24)6-14-9-21(22)34(30,31)28-20-8-13(7-19-17(20)11-26-27-19)16-10-15(25)3-2-12(16)4-5-33-23(14)29/h2-3,6-11,28H,4-5H2,1H3,(H,26,27). The van der Waals surface area contributed by atoms with Gasteiger partial charge in [-0.1, -0.05) is 17.7 Å². The lowest BCUT2D eigenvalue weighted by Gasteiger charge is -2.17. The third kappa shape index (κ3) is 3.84. The number of esters is 1. The van der Waals surface area contributed by atoms with Crippen molar-refractivity contribution in [1.82, 2.24) is 10.2 Å². The number of methoxy groups -OCH3 is 1. The summed E-state index contributed by atoms with van der Waals surface area (Å²) in [5, 5.41) is 7.27. The molecule has 1 aliphatic heterocycles. The molecule has 1 aliphatic rings. The van der Waals surface area contributed by atoms with Crippen molar-refractivity contribution in [2.75, 3.05) is 18.4 Å². The Hall–Kier alpha value is -3.63. The first kappa shape index (κ1) is 22.2. The molecule has 34 heavy (non-hydrogen) atoms. The molecule has 1 aromatic heterocycles. The molecule has 0 fully saturated rings. The number of nitrogens with zero attached hydrogens (tertiary/aromatic N) is 1. The Morgan fingerprint density at radius 2 is 1.97 bits per heavy atom. The summed E-state index contributed by atoms with van der Waals surface area (Å²) in [7, 11) is -3.02. The summed E-state index contributed by atoms with van der Waals surface area (Å²) >= 11 is 6.24. The van der Waals surface area contributed by atoms with Crippen LogP contribution in [0.2, 0.25) is 5.02 Å². The van der Waals surface area contributed by atoms with E-state index in [0.29, 0.717) is 34.0 Å². The number of hydrogen-bond acceptors (Lipinski definition) is 6. The number of halogens is 2. The third-order valence-electron chi connectivity index (χ3n) is 5.53. The Bertz CT molecular complexity index is 1570. The van der Waals surface area contributed by atoms with Crippen molar-refractivity contribution in [2.24, 2.45) is 0 Å². The molecule has 0 amide bonds. The maximum Gasteiger partial charge on any atom is 0.338 e. The maximum atomic E-state index is 14.2. The molecular formula is C23H17ClFN3O5S. The van der Waals surface area contributed by atoms with Gasteiger partial charge in [0.15, 0.2) is 5.75 Å². The highest BCUT2D eigenvalue weighted by Crippen LogP contribution is 2.38. The van der Waals surface area contributed by atoms with Gasteiger partial charge in [0.2, 0.25) is 0 Å². The fourth-order valence-electron chi connectivity index (χ4n) is 3.95. The van der Waals surface area contributed by atoms with Gasteiger partial charge in [0.25, 0.3) is 10.0 Å². The molecule has 2 N–H and O–H groups in total. The van der Waals surface area contributed by atoms with E-state index < -0.39 is 21.8 Å². The molecule has 0 unspecified atom stereocenters.